The van der Waals surface area contributed by atoms with Crippen molar-refractivity contribution in [2.45, 2.75) is 140 Å². The van der Waals surface area contributed by atoms with Crippen LogP contribution in [0.5, 0.6) is 11.8 Å². The Kier molecular flexibility index (Phi) is 13.1. The van der Waals surface area contributed by atoms with Crippen LogP contribution in [0.25, 0.3) is 10.8 Å². The number of anilines is 2. The standard InChI is InChI=1S/C46H63F2N7O6Si/c1-28(2)62(29(3)4,30(5)6)19-16-36-37(48)15-12-31-20-35(60-27-58-10)21-38(39(31)36)49-41(56)40-50-42(52-43(51-40)59-26-46-17-11-18-54(46)23-32(47)22-46)53-24-33-13-14-34(25-53)55(33)44(57)61-45(7,8)9/h12,15,20-21,28-30,32-34H,11,13-14,17-18,22-27H2,1-10H3,(H,49,56)/t32-,33-,34+,46+/m1/s1. The number of hydrogen-bond acceptors (Lipinski definition) is 11. The van der Waals surface area contributed by atoms with E-state index in [2.05, 4.69) is 68.2 Å². The van der Waals surface area contributed by atoms with Crippen LogP contribution in [0.1, 0.15) is 111 Å². The maximum Gasteiger partial charge on any atom is 0.410 e. The van der Waals surface area contributed by atoms with Crippen LogP contribution in [0.4, 0.5) is 25.2 Å². The zero-order valence-corrected chi connectivity index (χ0v) is 38.9. The van der Waals surface area contributed by atoms with E-state index in [0.29, 0.717) is 59.2 Å². The summed E-state index contributed by atoms with van der Waals surface area (Å²) < 4.78 is 54.0. The third kappa shape index (κ3) is 9.08. The first-order valence-corrected chi connectivity index (χ1v) is 24.3. The number of ether oxygens (including phenoxy) is 4. The molecule has 0 aliphatic carbocycles. The lowest BCUT2D eigenvalue weighted by Gasteiger charge is -2.41. The van der Waals surface area contributed by atoms with Gasteiger partial charge in [0.25, 0.3) is 5.91 Å². The summed E-state index contributed by atoms with van der Waals surface area (Å²) in [7, 11) is -0.784. The Labute approximate surface area is 365 Å². The molecule has 0 spiro atoms. The molecule has 1 aromatic heterocycles. The number of carbonyl (C=O) groups is 2. The number of hydrogen-bond donors (Lipinski definition) is 1. The van der Waals surface area contributed by atoms with Crippen molar-refractivity contribution in [3.05, 3.63) is 41.5 Å². The molecule has 4 fully saturated rings. The number of aromatic nitrogens is 3. The van der Waals surface area contributed by atoms with E-state index >= 15 is 4.39 Å². The van der Waals surface area contributed by atoms with Gasteiger partial charge in [0.2, 0.25) is 11.8 Å². The van der Waals surface area contributed by atoms with Gasteiger partial charge in [-0.1, -0.05) is 53.5 Å². The molecule has 16 heteroatoms. The van der Waals surface area contributed by atoms with E-state index in [9.17, 15) is 14.0 Å². The van der Waals surface area contributed by atoms with Gasteiger partial charge in [-0.05, 0) is 87.1 Å². The fourth-order valence-electron chi connectivity index (χ4n) is 10.6. The molecule has 0 saturated carbocycles. The highest BCUT2D eigenvalue weighted by molar-refractivity contribution is 6.90. The van der Waals surface area contributed by atoms with Gasteiger partial charge in [-0.3, -0.25) is 14.6 Å². The number of nitrogens with zero attached hydrogens (tertiary/aromatic N) is 6. The van der Waals surface area contributed by atoms with Crippen LogP contribution in [0.15, 0.2) is 24.3 Å². The number of halogens is 2. The lowest BCUT2D eigenvalue weighted by atomic mass is 9.95. The first-order chi connectivity index (χ1) is 29.3. The fourth-order valence-corrected chi connectivity index (χ4v) is 15.8. The minimum Gasteiger partial charge on any atom is -0.467 e. The van der Waals surface area contributed by atoms with Crippen LogP contribution in [0.3, 0.4) is 0 Å². The van der Waals surface area contributed by atoms with Gasteiger partial charge in [0.05, 0.1) is 28.9 Å². The van der Waals surface area contributed by atoms with E-state index in [1.54, 1.807) is 18.2 Å². The summed E-state index contributed by atoms with van der Waals surface area (Å²) in [5.41, 5.74) is 3.89. The first-order valence-electron chi connectivity index (χ1n) is 22.1. The summed E-state index contributed by atoms with van der Waals surface area (Å²) in [6.45, 7) is 20.8. The van der Waals surface area contributed by atoms with E-state index in [0.717, 1.165) is 32.2 Å². The Hall–Kier alpha value is -4.59. The molecule has 4 aliphatic heterocycles. The van der Waals surface area contributed by atoms with Crippen LogP contribution < -0.4 is 19.7 Å². The van der Waals surface area contributed by atoms with Crippen molar-refractivity contribution in [2.24, 2.45) is 0 Å². The number of piperazine rings is 1. The van der Waals surface area contributed by atoms with Gasteiger partial charge < -0.3 is 29.2 Å². The van der Waals surface area contributed by atoms with Crippen molar-refractivity contribution in [1.82, 2.24) is 24.8 Å². The van der Waals surface area contributed by atoms with E-state index in [1.807, 2.05) is 30.6 Å². The maximum atomic E-state index is 16.1. The highest BCUT2D eigenvalue weighted by Gasteiger charge is 2.50. The molecule has 4 atom stereocenters. The number of amides is 2. The Balaban J connectivity index is 1.28. The molecule has 5 heterocycles. The molecule has 4 saturated heterocycles. The molecule has 0 radical (unpaired) electrons. The van der Waals surface area contributed by atoms with Crippen LogP contribution in [0, 0.1) is 17.3 Å². The molecule has 2 bridgehead atoms. The van der Waals surface area contributed by atoms with Crippen molar-refractivity contribution in [3.63, 3.8) is 0 Å². The molecule has 3 aromatic rings. The molecular weight excluding hydrogens is 813 g/mol. The number of nitrogens with one attached hydrogen (secondary N) is 1. The van der Waals surface area contributed by atoms with Crippen LogP contribution >= 0.6 is 0 Å². The minimum absolute atomic E-state index is 0.0548. The number of benzene rings is 2. The van der Waals surface area contributed by atoms with Gasteiger partial charge >= 0.3 is 12.1 Å². The Bertz CT molecular complexity index is 2190. The molecule has 62 heavy (non-hydrogen) atoms. The number of fused-ring (bicyclic) bond motifs is 4. The van der Waals surface area contributed by atoms with Gasteiger partial charge in [0, 0.05) is 44.6 Å². The second-order valence-electron chi connectivity index (χ2n) is 19.4. The number of alkyl halides is 1. The smallest absolute Gasteiger partial charge is 0.410 e. The summed E-state index contributed by atoms with van der Waals surface area (Å²) in [6.07, 6.45) is 2.29. The van der Waals surface area contributed by atoms with Crippen molar-refractivity contribution in [3.8, 4) is 23.2 Å². The van der Waals surface area contributed by atoms with Crippen molar-refractivity contribution in [2.75, 3.05) is 56.9 Å². The molecule has 13 nitrogen and oxygen atoms in total. The third-order valence-electron chi connectivity index (χ3n) is 13.3. The monoisotopic (exact) mass is 875 g/mol. The van der Waals surface area contributed by atoms with Gasteiger partial charge in [-0.25, -0.2) is 13.6 Å². The maximum absolute atomic E-state index is 16.1. The van der Waals surface area contributed by atoms with Gasteiger partial charge in [0.1, 0.15) is 38.0 Å². The minimum atomic E-state index is -2.29. The number of rotatable bonds is 12. The summed E-state index contributed by atoms with van der Waals surface area (Å²) in [5.74, 6) is 2.48. The molecule has 2 amide bonds. The van der Waals surface area contributed by atoms with Crippen molar-refractivity contribution >= 4 is 42.5 Å². The third-order valence-corrected chi connectivity index (χ3v) is 19.6. The molecule has 4 aliphatic rings. The quantitative estimate of drug-likeness (QED) is 0.107. The van der Waals surface area contributed by atoms with E-state index < -0.39 is 37.1 Å². The number of carbonyl (C=O) groups excluding carboxylic acids is 2. The largest absolute Gasteiger partial charge is 0.467 e. The SMILES string of the molecule is COCOc1cc(NC(=O)c2nc(OC[C@@]34CCCN3C[C@H](F)C4)nc(N3C[C@H]4CC[C@@H](C3)N4C(=O)OC(C)(C)C)n2)c2c(C#C[Si](C(C)C)(C(C)C)C(C)C)c(F)ccc2c1. The lowest BCUT2D eigenvalue weighted by molar-refractivity contribution is 0.0122. The predicted octanol–water partition coefficient (Wildman–Crippen LogP) is 8.51. The molecule has 7 rings (SSSR count). The highest BCUT2D eigenvalue weighted by Crippen LogP contribution is 2.43. The molecule has 2 aromatic carbocycles. The van der Waals surface area contributed by atoms with Gasteiger partial charge in [0.15, 0.2) is 6.79 Å². The summed E-state index contributed by atoms with van der Waals surface area (Å²) in [4.78, 5) is 47.8. The van der Waals surface area contributed by atoms with Crippen molar-refractivity contribution < 1.29 is 37.3 Å². The summed E-state index contributed by atoms with van der Waals surface area (Å²) in [5, 5.41) is 4.00. The van der Waals surface area contributed by atoms with Crippen molar-refractivity contribution in [1.29, 1.82) is 0 Å². The zero-order chi connectivity index (χ0) is 44.7. The van der Waals surface area contributed by atoms with E-state index in [4.69, 9.17) is 28.9 Å². The molecule has 336 valence electrons. The molecule has 1 N–H and O–H groups in total. The Morgan fingerprint density at radius 2 is 1.68 bits per heavy atom. The van der Waals surface area contributed by atoms with Crippen LogP contribution in [0.2, 0.25) is 16.6 Å². The van der Waals surface area contributed by atoms with Crippen LogP contribution in [-0.2, 0) is 9.47 Å². The fraction of sp³-hybridized carbons (Fsp3) is 0.630. The number of methoxy groups -OCH3 is 1. The van der Waals surface area contributed by atoms with Crippen LogP contribution in [-0.4, -0.2) is 121 Å². The average molecular weight is 876 g/mol. The Morgan fingerprint density at radius 1 is 0.984 bits per heavy atom. The first kappa shape index (κ1) is 45.4. The zero-order valence-electron chi connectivity index (χ0n) is 37.9. The second-order valence-corrected chi connectivity index (χ2v) is 25.0. The second kappa shape index (κ2) is 17.9. The highest BCUT2D eigenvalue weighted by atomic mass is 28.3. The Morgan fingerprint density at radius 3 is 2.32 bits per heavy atom. The van der Waals surface area contributed by atoms with Gasteiger partial charge in [-0.2, -0.15) is 15.0 Å². The summed E-state index contributed by atoms with van der Waals surface area (Å²) >= 11 is 0. The average Bonchev–Trinajstić information content (AvgIpc) is 3.82. The molecular formula is C46H63F2N7O6Si. The van der Waals surface area contributed by atoms with Gasteiger partial charge in [-0.15, -0.1) is 5.54 Å². The predicted molar refractivity (Wildman–Crippen MR) is 238 cm³/mol. The normalized spacial score (nSPS) is 22.7. The van der Waals surface area contributed by atoms with E-state index in [-0.39, 0.29) is 60.6 Å². The topological polar surface area (TPSA) is 131 Å². The van der Waals surface area contributed by atoms with E-state index in [1.165, 1.54) is 13.2 Å². The summed E-state index contributed by atoms with van der Waals surface area (Å²) in [6, 6.07) is 6.03. The molecule has 0 unspecified atom stereocenters. The lowest BCUT2D eigenvalue weighted by Crippen LogP contribution is -2.57.